The van der Waals surface area contributed by atoms with E-state index in [-0.39, 0.29) is 24.2 Å². The van der Waals surface area contributed by atoms with Crippen molar-refractivity contribution in [2.24, 2.45) is 5.92 Å². The maximum absolute atomic E-state index is 12.8. The van der Waals surface area contributed by atoms with Gasteiger partial charge in [0.2, 0.25) is 5.91 Å². The largest absolute Gasteiger partial charge is 0.416 e. The molecule has 1 heterocycles. The summed E-state index contributed by atoms with van der Waals surface area (Å²) in [5, 5.41) is 5.69. The second-order valence-electron chi connectivity index (χ2n) is 6.99. The highest BCUT2D eigenvalue weighted by atomic mass is 19.4. The van der Waals surface area contributed by atoms with Crippen LogP contribution in [0.25, 0.3) is 0 Å². The summed E-state index contributed by atoms with van der Waals surface area (Å²) in [6.07, 6.45) is -4.06. The Kier molecular flexibility index (Phi) is 5.84. The monoisotopic (exact) mass is 390 g/mol. The minimum absolute atomic E-state index is 0.00113. The number of benzene rings is 2. The summed E-state index contributed by atoms with van der Waals surface area (Å²) in [6, 6.07) is 11.6. The van der Waals surface area contributed by atoms with E-state index in [9.17, 15) is 22.8 Å². The lowest BCUT2D eigenvalue weighted by Gasteiger charge is -2.13. The van der Waals surface area contributed by atoms with E-state index >= 15 is 0 Å². The van der Waals surface area contributed by atoms with Crippen molar-refractivity contribution >= 4 is 11.7 Å². The van der Waals surface area contributed by atoms with Crippen LogP contribution in [-0.2, 0) is 17.5 Å². The molecule has 1 fully saturated rings. The molecule has 0 spiro atoms. The van der Waals surface area contributed by atoms with Crippen LogP contribution in [0.3, 0.4) is 0 Å². The van der Waals surface area contributed by atoms with Crippen molar-refractivity contribution < 1.29 is 22.8 Å². The number of halogens is 3. The predicted molar refractivity (Wildman–Crippen MR) is 98.7 cm³/mol. The number of nitrogens with one attached hydrogen (secondary N) is 2. The van der Waals surface area contributed by atoms with Crippen LogP contribution in [0.4, 0.5) is 13.2 Å². The first-order valence-electron chi connectivity index (χ1n) is 9.03. The summed E-state index contributed by atoms with van der Waals surface area (Å²) < 4.78 is 38.3. The zero-order valence-electron chi connectivity index (χ0n) is 15.3. The van der Waals surface area contributed by atoms with Gasteiger partial charge in [-0.2, -0.15) is 13.2 Å². The zero-order chi connectivity index (χ0) is 20.3. The van der Waals surface area contributed by atoms with E-state index in [1.54, 1.807) is 6.07 Å². The van der Waals surface area contributed by atoms with Gasteiger partial charge in [-0.1, -0.05) is 36.4 Å². The summed E-state index contributed by atoms with van der Waals surface area (Å²) in [7, 11) is 0. The fraction of sp³-hybridized carbons (Fsp3) is 0.333. The normalized spacial score (nSPS) is 19.4. The summed E-state index contributed by atoms with van der Waals surface area (Å²) >= 11 is 0. The standard InChI is InChI=1S/C21H21F3N2O2/c1-13-5-2-3-8-17(13)19(27)15-10-18(25-12-15)20(28)26-11-14-6-4-7-16(9-14)21(22,23)24/h2-9,15,18,25H,10-12H2,1H3,(H,26,28). The van der Waals surface area contributed by atoms with E-state index in [0.717, 1.165) is 17.7 Å². The lowest BCUT2D eigenvalue weighted by Crippen LogP contribution is -2.40. The van der Waals surface area contributed by atoms with E-state index in [1.165, 1.54) is 12.1 Å². The first kappa shape index (κ1) is 20.1. The molecule has 7 heteroatoms. The number of rotatable bonds is 5. The third kappa shape index (κ3) is 4.59. The van der Waals surface area contributed by atoms with Gasteiger partial charge < -0.3 is 10.6 Å². The Morgan fingerprint density at radius 3 is 2.61 bits per heavy atom. The predicted octanol–water partition coefficient (Wildman–Crippen LogP) is 3.49. The fourth-order valence-electron chi connectivity index (χ4n) is 3.37. The first-order chi connectivity index (χ1) is 13.3. The Labute approximate surface area is 161 Å². The first-order valence-corrected chi connectivity index (χ1v) is 9.03. The molecule has 28 heavy (non-hydrogen) atoms. The minimum Gasteiger partial charge on any atom is -0.351 e. The average molecular weight is 390 g/mol. The van der Waals surface area contributed by atoms with Crippen LogP contribution in [0.2, 0.25) is 0 Å². The lowest BCUT2D eigenvalue weighted by atomic mass is 9.92. The van der Waals surface area contributed by atoms with Gasteiger partial charge in [-0.25, -0.2) is 0 Å². The number of alkyl halides is 3. The molecular formula is C21H21F3N2O2. The Balaban J connectivity index is 1.57. The van der Waals surface area contributed by atoms with Crippen LogP contribution in [0.5, 0.6) is 0 Å². The molecule has 2 N–H and O–H groups in total. The molecule has 1 saturated heterocycles. The Bertz CT molecular complexity index is 880. The maximum atomic E-state index is 12.8. The second kappa shape index (κ2) is 8.14. The lowest BCUT2D eigenvalue weighted by molar-refractivity contribution is -0.137. The molecule has 3 rings (SSSR count). The number of hydrogen-bond acceptors (Lipinski definition) is 3. The number of carbonyl (C=O) groups is 2. The highest BCUT2D eigenvalue weighted by Crippen LogP contribution is 2.29. The molecule has 2 aromatic carbocycles. The summed E-state index contributed by atoms with van der Waals surface area (Å²) in [4.78, 5) is 25.0. The van der Waals surface area contributed by atoms with Crippen LogP contribution in [0, 0.1) is 12.8 Å². The van der Waals surface area contributed by atoms with Gasteiger partial charge in [0, 0.05) is 24.6 Å². The summed E-state index contributed by atoms with van der Waals surface area (Å²) in [5.74, 6) is -0.623. The number of ketones is 1. The quantitative estimate of drug-likeness (QED) is 0.769. The number of hydrogen-bond donors (Lipinski definition) is 2. The Hall–Kier alpha value is -2.67. The number of carbonyl (C=O) groups excluding carboxylic acids is 2. The molecule has 2 unspecified atom stereocenters. The molecule has 4 nitrogen and oxygen atoms in total. The van der Waals surface area contributed by atoms with E-state index < -0.39 is 17.8 Å². The van der Waals surface area contributed by atoms with Crippen LogP contribution >= 0.6 is 0 Å². The molecule has 1 aliphatic rings. The summed E-state index contributed by atoms with van der Waals surface area (Å²) in [6.45, 7) is 2.26. The fourth-order valence-corrected chi connectivity index (χ4v) is 3.37. The van der Waals surface area contributed by atoms with E-state index in [2.05, 4.69) is 10.6 Å². The number of aryl methyl sites for hydroxylation is 1. The molecule has 0 aromatic heterocycles. The van der Waals surface area contributed by atoms with Gasteiger partial charge in [-0.05, 0) is 36.6 Å². The highest BCUT2D eigenvalue weighted by molar-refractivity contribution is 6.00. The number of amides is 1. The zero-order valence-corrected chi connectivity index (χ0v) is 15.3. The SMILES string of the molecule is Cc1ccccc1C(=O)C1CNC(C(=O)NCc2cccc(C(F)(F)F)c2)C1. The van der Waals surface area contributed by atoms with Gasteiger partial charge in [-0.3, -0.25) is 9.59 Å². The van der Waals surface area contributed by atoms with Crippen LogP contribution in [0.1, 0.15) is 33.5 Å². The molecule has 1 amide bonds. The number of Topliss-reactive ketones (excluding diaryl/α,β-unsaturated/α-hetero) is 1. The van der Waals surface area contributed by atoms with Crippen molar-refractivity contribution in [3.05, 3.63) is 70.8 Å². The van der Waals surface area contributed by atoms with Gasteiger partial charge in [0.05, 0.1) is 11.6 Å². The van der Waals surface area contributed by atoms with Crippen molar-refractivity contribution in [3.63, 3.8) is 0 Å². The Morgan fingerprint density at radius 2 is 1.89 bits per heavy atom. The van der Waals surface area contributed by atoms with Crippen LogP contribution in [0.15, 0.2) is 48.5 Å². The minimum atomic E-state index is -4.42. The van der Waals surface area contributed by atoms with Gasteiger partial charge in [-0.15, -0.1) is 0 Å². The third-order valence-electron chi connectivity index (χ3n) is 4.95. The molecule has 148 valence electrons. The molecule has 0 bridgehead atoms. The average Bonchev–Trinajstić information content (AvgIpc) is 3.16. The summed E-state index contributed by atoms with van der Waals surface area (Å²) in [5.41, 5.74) is 1.17. The van der Waals surface area contributed by atoms with Crippen molar-refractivity contribution in [1.29, 1.82) is 0 Å². The molecule has 0 aliphatic carbocycles. The van der Waals surface area contributed by atoms with Crippen LogP contribution < -0.4 is 10.6 Å². The molecule has 0 saturated carbocycles. The van der Waals surface area contributed by atoms with E-state index in [0.29, 0.717) is 24.1 Å². The molecular weight excluding hydrogens is 369 g/mol. The van der Waals surface area contributed by atoms with Crippen LogP contribution in [-0.4, -0.2) is 24.3 Å². The van der Waals surface area contributed by atoms with Crippen molar-refractivity contribution in [2.75, 3.05) is 6.54 Å². The van der Waals surface area contributed by atoms with E-state index in [4.69, 9.17) is 0 Å². The van der Waals surface area contributed by atoms with Gasteiger partial charge in [0.25, 0.3) is 0 Å². The topological polar surface area (TPSA) is 58.2 Å². The Morgan fingerprint density at radius 1 is 1.14 bits per heavy atom. The highest BCUT2D eigenvalue weighted by Gasteiger charge is 2.34. The van der Waals surface area contributed by atoms with Crippen molar-refractivity contribution in [1.82, 2.24) is 10.6 Å². The smallest absolute Gasteiger partial charge is 0.351 e. The molecule has 2 atom stereocenters. The van der Waals surface area contributed by atoms with Crippen molar-refractivity contribution in [2.45, 2.75) is 32.1 Å². The maximum Gasteiger partial charge on any atom is 0.416 e. The third-order valence-corrected chi connectivity index (χ3v) is 4.95. The second-order valence-corrected chi connectivity index (χ2v) is 6.99. The van der Waals surface area contributed by atoms with Crippen molar-refractivity contribution in [3.8, 4) is 0 Å². The van der Waals surface area contributed by atoms with Gasteiger partial charge >= 0.3 is 6.18 Å². The molecule has 1 aliphatic heterocycles. The van der Waals surface area contributed by atoms with Gasteiger partial charge in [0.1, 0.15) is 0 Å². The van der Waals surface area contributed by atoms with E-state index in [1.807, 2.05) is 25.1 Å². The molecule has 2 aromatic rings. The molecule has 0 radical (unpaired) electrons. The van der Waals surface area contributed by atoms with Gasteiger partial charge in [0.15, 0.2) is 5.78 Å².